The van der Waals surface area contributed by atoms with Gasteiger partial charge in [0.05, 0.1) is 19.0 Å². The topological polar surface area (TPSA) is 44.2 Å². The zero-order valence-electron chi connectivity index (χ0n) is 21.7. The SMILES string of the molecule is [CH2+][CH-]CCOCCCCCCOc1cnc(-c2ccc(-c3ccc(-c4ccc(C)cc4)cc3)cc2)nc1. The summed E-state index contributed by atoms with van der Waals surface area (Å²) in [7, 11) is 0. The molecule has 4 nitrogen and oxygen atoms in total. The van der Waals surface area contributed by atoms with Crippen molar-refractivity contribution in [2.45, 2.75) is 39.0 Å². The highest BCUT2D eigenvalue weighted by molar-refractivity contribution is 5.72. The summed E-state index contributed by atoms with van der Waals surface area (Å²) in [6, 6.07) is 25.7. The van der Waals surface area contributed by atoms with Crippen LogP contribution >= 0.6 is 0 Å². The monoisotopic (exact) mass is 492 g/mol. The Morgan fingerprint density at radius 1 is 0.622 bits per heavy atom. The van der Waals surface area contributed by atoms with Gasteiger partial charge in [0.1, 0.15) is 0 Å². The van der Waals surface area contributed by atoms with Crippen molar-refractivity contribution in [2.75, 3.05) is 19.8 Å². The van der Waals surface area contributed by atoms with Crippen LogP contribution in [0.2, 0.25) is 0 Å². The van der Waals surface area contributed by atoms with Crippen molar-refractivity contribution in [1.82, 2.24) is 9.97 Å². The first-order chi connectivity index (χ1) is 18.2. The zero-order valence-corrected chi connectivity index (χ0v) is 21.7. The van der Waals surface area contributed by atoms with Crippen molar-refractivity contribution in [3.63, 3.8) is 0 Å². The predicted octanol–water partition coefficient (Wildman–Crippen LogP) is 8.17. The first kappa shape index (κ1) is 26.4. The van der Waals surface area contributed by atoms with E-state index >= 15 is 0 Å². The first-order valence-corrected chi connectivity index (χ1v) is 13.1. The number of ether oxygens (including phenoxy) is 2. The van der Waals surface area contributed by atoms with Crippen molar-refractivity contribution < 1.29 is 9.47 Å². The second-order valence-corrected chi connectivity index (χ2v) is 9.22. The molecule has 37 heavy (non-hydrogen) atoms. The van der Waals surface area contributed by atoms with Gasteiger partial charge in [-0.2, -0.15) is 0 Å². The number of aryl methyl sites for hydroxylation is 1. The number of nitrogens with zero attached hydrogens (tertiary/aromatic N) is 2. The average molecular weight is 493 g/mol. The van der Waals surface area contributed by atoms with Gasteiger partial charge in [0.2, 0.25) is 0 Å². The zero-order chi connectivity index (χ0) is 25.7. The minimum atomic E-state index is 0.678. The van der Waals surface area contributed by atoms with E-state index in [0.29, 0.717) is 18.2 Å². The molecule has 0 aliphatic carbocycles. The molecule has 0 spiro atoms. The number of aromatic nitrogens is 2. The summed E-state index contributed by atoms with van der Waals surface area (Å²) in [6.45, 7) is 8.08. The van der Waals surface area contributed by atoms with Gasteiger partial charge in [-0.3, -0.25) is 0 Å². The molecule has 1 heterocycles. The van der Waals surface area contributed by atoms with Gasteiger partial charge in [0, 0.05) is 18.8 Å². The highest BCUT2D eigenvalue weighted by atomic mass is 16.5. The highest BCUT2D eigenvalue weighted by Crippen LogP contribution is 2.27. The molecular weight excluding hydrogens is 456 g/mol. The van der Waals surface area contributed by atoms with Crippen LogP contribution in [0.25, 0.3) is 33.6 Å². The van der Waals surface area contributed by atoms with Gasteiger partial charge in [-0.1, -0.05) is 91.7 Å². The van der Waals surface area contributed by atoms with Gasteiger partial charge in [0.15, 0.2) is 11.6 Å². The van der Waals surface area contributed by atoms with E-state index in [0.717, 1.165) is 50.9 Å². The first-order valence-electron chi connectivity index (χ1n) is 13.1. The number of hydrogen-bond acceptors (Lipinski definition) is 4. The Bertz CT molecular complexity index is 1190. The Morgan fingerprint density at radius 2 is 1.11 bits per heavy atom. The summed E-state index contributed by atoms with van der Waals surface area (Å²) in [5.74, 6) is 1.41. The lowest BCUT2D eigenvalue weighted by atomic mass is 9.99. The molecule has 4 aromatic rings. The average Bonchev–Trinajstić information content (AvgIpc) is 2.95. The van der Waals surface area contributed by atoms with E-state index in [1.54, 1.807) is 12.4 Å². The third-order valence-electron chi connectivity index (χ3n) is 6.29. The largest absolute Gasteiger partial charge is 0.490 e. The molecule has 0 aliphatic heterocycles. The van der Waals surface area contributed by atoms with Crippen LogP contribution in [0.15, 0.2) is 85.2 Å². The van der Waals surface area contributed by atoms with Crippen LogP contribution in [-0.2, 0) is 4.74 Å². The second kappa shape index (κ2) is 14.2. The Labute approximate surface area is 221 Å². The van der Waals surface area contributed by atoms with Crippen LogP contribution in [-0.4, -0.2) is 29.8 Å². The van der Waals surface area contributed by atoms with Crippen LogP contribution in [0.4, 0.5) is 0 Å². The Kier molecular flexibility index (Phi) is 10.1. The molecule has 0 radical (unpaired) electrons. The van der Waals surface area contributed by atoms with Crippen molar-refractivity contribution in [3.8, 4) is 39.4 Å². The third kappa shape index (κ3) is 8.19. The molecule has 0 saturated carbocycles. The summed E-state index contributed by atoms with van der Waals surface area (Å²) in [6.07, 6.45) is 10.7. The number of unbranched alkanes of at least 4 members (excludes halogenated alkanes) is 4. The van der Waals surface area contributed by atoms with E-state index in [2.05, 4.69) is 96.6 Å². The molecule has 190 valence electrons. The maximum Gasteiger partial charge on any atom is 0.159 e. The van der Waals surface area contributed by atoms with E-state index in [1.807, 2.05) is 6.42 Å². The molecule has 3 aromatic carbocycles. The van der Waals surface area contributed by atoms with Gasteiger partial charge in [-0.25, -0.2) is 9.97 Å². The molecule has 0 saturated heterocycles. The van der Waals surface area contributed by atoms with Gasteiger partial charge >= 0.3 is 0 Å². The number of benzene rings is 3. The lowest BCUT2D eigenvalue weighted by molar-refractivity contribution is 0.132. The second-order valence-electron chi connectivity index (χ2n) is 9.22. The molecule has 0 fully saturated rings. The van der Waals surface area contributed by atoms with E-state index in [4.69, 9.17) is 9.47 Å². The standard InChI is InChI=1S/C33H36N2O2/c1-3-4-21-36-22-7-5-6-8-23-37-32-24-34-33(35-25-32)31-19-17-30(18-20-31)29-15-13-28(14-16-29)27-11-9-26(2)10-12-27/h3,9-20,24-25H,1,4-8,21-23H2,2H3. The smallest absolute Gasteiger partial charge is 0.159 e. The molecule has 0 unspecified atom stereocenters. The summed E-state index contributed by atoms with van der Waals surface area (Å²) in [4.78, 5) is 9.01. The molecular formula is C33H36N2O2. The van der Waals surface area contributed by atoms with Crippen molar-refractivity contribution in [2.24, 2.45) is 0 Å². The minimum absolute atomic E-state index is 0.678. The van der Waals surface area contributed by atoms with Crippen molar-refractivity contribution in [3.05, 3.63) is 104 Å². The van der Waals surface area contributed by atoms with Crippen LogP contribution in [0.3, 0.4) is 0 Å². The lowest BCUT2D eigenvalue weighted by Crippen LogP contribution is -2.00. The lowest BCUT2D eigenvalue weighted by Gasteiger charge is -2.08. The number of rotatable bonds is 14. The normalized spacial score (nSPS) is 10.9. The molecule has 1 aromatic heterocycles. The highest BCUT2D eigenvalue weighted by Gasteiger charge is 2.05. The predicted molar refractivity (Wildman–Crippen MR) is 152 cm³/mol. The summed E-state index contributed by atoms with van der Waals surface area (Å²) < 4.78 is 11.3. The summed E-state index contributed by atoms with van der Waals surface area (Å²) in [5.41, 5.74) is 7.07. The molecule has 4 heteroatoms. The van der Waals surface area contributed by atoms with Gasteiger partial charge in [-0.15, -0.1) is 12.8 Å². The Balaban J connectivity index is 1.22. The molecule has 4 rings (SSSR count). The fourth-order valence-corrected chi connectivity index (χ4v) is 4.07. The Hall–Kier alpha value is -3.63. The van der Waals surface area contributed by atoms with Crippen molar-refractivity contribution >= 4 is 0 Å². The number of hydrogen-bond donors (Lipinski definition) is 0. The van der Waals surface area contributed by atoms with Crippen molar-refractivity contribution in [1.29, 1.82) is 0 Å². The van der Waals surface area contributed by atoms with E-state index in [-0.39, 0.29) is 0 Å². The molecule has 0 aliphatic rings. The van der Waals surface area contributed by atoms with Crippen LogP contribution < -0.4 is 4.74 Å². The molecule has 0 N–H and O–H groups in total. The van der Waals surface area contributed by atoms with E-state index < -0.39 is 0 Å². The molecule has 0 bridgehead atoms. The fourth-order valence-electron chi connectivity index (χ4n) is 4.07. The van der Waals surface area contributed by atoms with Crippen LogP contribution in [0, 0.1) is 20.3 Å². The third-order valence-corrected chi connectivity index (χ3v) is 6.29. The quantitative estimate of drug-likeness (QED) is 0.131. The fraction of sp³-hybridized carbons (Fsp3) is 0.273. The van der Waals surface area contributed by atoms with E-state index in [1.165, 1.54) is 27.8 Å². The molecule has 0 amide bonds. The van der Waals surface area contributed by atoms with Gasteiger partial charge in [-0.05, 0) is 48.4 Å². The summed E-state index contributed by atoms with van der Waals surface area (Å²) in [5, 5.41) is 0. The molecule has 0 atom stereocenters. The maximum atomic E-state index is 5.81. The summed E-state index contributed by atoms with van der Waals surface area (Å²) >= 11 is 0. The van der Waals surface area contributed by atoms with Gasteiger partial charge < -0.3 is 9.47 Å². The van der Waals surface area contributed by atoms with Crippen LogP contribution in [0.1, 0.15) is 37.7 Å². The van der Waals surface area contributed by atoms with Crippen LogP contribution in [0.5, 0.6) is 5.75 Å². The van der Waals surface area contributed by atoms with E-state index in [9.17, 15) is 0 Å². The minimum Gasteiger partial charge on any atom is -0.490 e. The maximum absolute atomic E-state index is 5.81. The Morgan fingerprint density at radius 3 is 1.65 bits per heavy atom. The van der Waals surface area contributed by atoms with Gasteiger partial charge in [0.25, 0.3) is 0 Å².